The van der Waals surface area contributed by atoms with Gasteiger partial charge in [0.1, 0.15) is 21.4 Å². The maximum atomic E-state index is 9.69. The molecule has 0 radical (unpaired) electrons. The highest BCUT2D eigenvalue weighted by atomic mass is 32.1. The van der Waals surface area contributed by atoms with E-state index in [0.717, 1.165) is 48.0 Å². The molecule has 5 aromatic heterocycles. The predicted molar refractivity (Wildman–Crippen MR) is 92.0 cm³/mol. The van der Waals surface area contributed by atoms with Gasteiger partial charge in [-0.2, -0.15) is 0 Å². The topological polar surface area (TPSA) is 79.1 Å². The number of aliphatic hydroxyl groups is 1. The highest BCUT2D eigenvalue weighted by Crippen LogP contribution is 2.38. The molecular weight excluding hydrogens is 330 g/mol. The van der Waals surface area contributed by atoms with Crippen LogP contribution < -0.4 is 0 Å². The van der Waals surface area contributed by atoms with Crippen LogP contribution in [-0.4, -0.2) is 29.7 Å². The molecule has 0 aromatic carbocycles. The summed E-state index contributed by atoms with van der Waals surface area (Å²) < 4.78 is 1.95. The average molecular weight is 341 g/mol. The summed E-state index contributed by atoms with van der Waals surface area (Å²) in [6, 6.07) is 2.06. The maximum absolute atomic E-state index is 9.69. The molecule has 5 heterocycles. The summed E-state index contributed by atoms with van der Waals surface area (Å²) in [4.78, 5) is 15.3. The fraction of sp³-hybridized carbons (Fsp3) is 0.133. The van der Waals surface area contributed by atoms with Gasteiger partial charge in [0.05, 0.1) is 28.7 Å². The quantitative estimate of drug-likeness (QED) is 0.516. The molecule has 2 N–H and O–H groups in total. The largest absolute Gasteiger partial charge is 0.391 e. The van der Waals surface area contributed by atoms with Gasteiger partial charge in [-0.1, -0.05) is 0 Å². The molecule has 0 aliphatic heterocycles. The monoisotopic (exact) mass is 341 g/mol. The first-order valence-corrected chi connectivity index (χ1v) is 8.75. The molecule has 0 aliphatic carbocycles. The van der Waals surface area contributed by atoms with Crippen molar-refractivity contribution < 1.29 is 5.11 Å². The van der Waals surface area contributed by atoms with Gasteiger partial charge in [-0.05, 0) is 13.0 Å². The normalized spacial score (nSPS) is 12.1. The number of imidazole rings is 1. The number of nitrogens with one attached hydrogen (secondary N) is 1. The van der Waals surface area contributed by atoms with Crippen molar-refractivity contribution in [3.63, 3.8) is 0 Å². The zero-order chi connectivity index (χ0) is 15.6. The lowest BCUT2D eigenvalue weighted by molar-refractivity contribution is 0.286. The van der Waals surface area contributed by atoms with E-state index in [1.807, 2.05) is 23.0 Å². The Hall–Kier alpha value is -2.29. The molecule has 0 amide bonds. The van der Waals surface area contributed by atoms with Crippen LogP contribution in [-0.2, 0) is 6.61 Å². The Morgan fingerprint density at radius 2 is 2.26 bits per heavy atom. The summed E-state index contributed by atoms with van der Waals surface area (Å²) in [5, 5.41) is 18.0. The van der Waals surface area contributed by atoms with Crippen molar-refractivity contribution >= 4 is 49.3 Å². The Labute approximate surface area is 138 Å². The van der Waals surface area contributed by atoms with Gasteiger partial charge >= 0.3 is 0 Å². The van der Waals surface area contributed by atoms with Gasteiger partial charge in [-0.25, -0.2) is 19.5 Å². The third-order valence-corrected chi connectivity index (χ3v) is 5.83. The van der Waals surface area contributed by atoms with Gasteiger partial charge in [0.25, 0.3) is 0 Å². The summed E-state index contributed by atoms with van der Waals surface area (Å²) in [6.45, 7) is 1.94. The molecule has 23 heavy (non-hydrogen) atoms. The summed E-state index contributed by atoms with van der Waals surface area (Å²) >= 11 is 3.08. The van der Waals surface area contributed by atoms with E-state index in [2.05, 4.69) is 21.1 Å². The Kier molecular flexibility index (Phi) is 2.64. The molecule has 114 valence electrons. The van der Waals surface area contributed by atoms with Crippen LogP contribution in [0.1, 0.15) is 10.7 Å². The van der Waals surface area contributed by atoms with E-state index in [-0.39, 0.29) is 6.61 Å². The van der Waals surface area contributed by atoms with E-state index >= 15 is 0 Å². The number of fused-ring (bicyclic) bond motifs is 2. The first-order valence-electron chi connectivity index (χ1n) is 7.05. The molecule has 5 rings (SSSR count). The number of aryl methyl sites for hydroxylation is 1. The second-order valence-corrected chi connectivity index (χ2v) is 7.25. The van der Waals surface area contributed by atoms with Crippen LogP contribution in [0.2, 0.25) is 0 Å². The van der Waals surface area contributed by atoms with E-state index < -0.39 is 0 Å². The molecule has 0 saturated carbocycles. The predicted octanol–water partition coefficient (Wildman–Crippen LogP) is 3.35. The van der Waals surface area contributed by atoms with Crippen molar-refractivity contribution in [1.29, 1.82) is 0 Å². The first-order chi connectivity index (χ1) is 11.3. The summed E-state index contributed by atoms with van der Waals surface area (Å²) in [5.41, 5.74) is 2.78. The van der Waals surface area contributed by atoms with Gasteiger partial charge in [-0.15, -0.1) is 22.7 Å². The van der Waals surface area contributed by atoms with E-state index in [1.54, 1.807) is 17.5 Å². The first kappa shape index (κ1) is 13.2. The van der Waals surface area contributed by atoms with Crippen molar-refractivity contribution in [2.75, 3.05) is 0 Å². The fourth-order valence-electron chi connectivity index (χ4n) is 2.92. The molecule has 0 atom stereocenters. The summed E-state index contributed by atoms with van der Waals surface area (Å²) in [6.07, 6.45) is 3.65. The number of thiophene rings is 1. The van der Waals surface area contributed by atoms with Crippen molar-refractivity contribution in [3.8, 4) is 10.7 Å². The minimum absolute atomic E-state index is 0.0154. The summed E-state index contributed by atoms with van der Waals surface area (Å²) in [7, 11) is 0. The van der Waals surface area contributed by atoms with Crippen LogP contribution in [0.5, 0.6) is 0 Å². The van der Waals surface area contributed by atoms with E-state index in [1.165, 1.54) is 11.3 Å². The SMILES string of the molecule is Cc1ncc2c3cc(-c4nccs4)nc4sc(CO)c([nH]n12)c43. The zero-order valence-electron chi connectivity index (χ0n) is 12.1. The van der Waals surface area contributed by atoms with Crippen LogP contribution in [0.25, 0.3) is 37.3 Å². The minimum atomic E-state index is -0.0154. The van der Waals surface area contributed by atoms with Gasteiger partial charge in [-0.3, -0.25) is 5.10 Å². The number of nitrogens with zero attached hydrogens (tertiary/aromatic N) is 4. The van der Waals surface area contributed by atoms with Gasteiger partial charge in [0.2, 0.25) is 0 Å². The lowest BCUT2D eigenvalue weighted by atomic mass is 10.1. The average Bonchev–Trinajstić information content (AvgIpc) is 3.28. The Morgan fingerprint density at radius 1 is 1.35 bits per heavy atom. The van der Waals surface area contributed by atoms with Crippen molar-refractivity contribution in [1.82, 2.24) is 24.6 Å². The Bertz CT molecular complexity index is 1170. The second-order valence-electron chi connectivity index (χ2n) is 5.27. The second kappa shape index (κ2) is 4.60. The van der Waals surface area contributed by atoms with Crippen LogP contribution in [0.4, 0.5) is 0 Å². The van der Waals surface area contributed by atoms with Crippen LogP contribution in [0.15, 0.2) is 23.8 Å². The smallest absolute Gasteiger partial charge is 0.141 e. The maximum Gasteiger partial charge on any atom is 0.141 e. The highest BCUT2D eigenvalue weighted by Gasteiger charge is 2.18. The van der Waals surface area contributed by atoms with E-state index in [9.17, 15) is 5.11 Å². The number of H-pyrrole nitrogens is 1. The molecule has 0 saturated heterocycles. The van der Waals surface area contributed by atoms with Gasteiger partial charge < -0.3 is 5.11 Å². The number of pyridine rings is 1. The fourth-order valence-corrected chi connectivity index (χ4v) is 4.53. The standard InChI is InChI=1S/C15H11N5OS2/c1-7-17-5-10-8-4-9(14-16-2-3-22-14)18-15-12(8)13(19-20(7)10)11(6-21)23-15/h2-5,19,21H,6H2,1H3. The number of hydrogen-bond acceptors (Lipinski definition) is 6. The molecule has 0 bridgehead atoms. The lowest BCUT2D eigenvalue weighted by Crippen LogP contribution is -1.97. The number of aromatic amines is 1. The number of hydrogen-bond donors (Lipinski definition) is 2. The van der Waals surface area contributed by atoms with Gasteiger partial charge in [0.15, 0.2) is 0 Å². The number of aromatic nitrogens is 5. The zero-order valence-corrected chi connectivity index (χ0v) is 13.7. The third kappa shape index (κ3) is 1.73. The van der Waals surface area contributed by atoms with Crippen LogP contribution >= 0.6 is 22.7 Å². The molecular formula is C15H11N5OS2. The summed E-state index contributed by atoms with van der Waals surface area (Å²) in [5.74, 6) is 0.876. The minimum Gasteiger partial charge on any atom is -0.391 e. The van der Waals surface area contributed by atoms with Crippen molar-refractivity contribution in [3.05, 3.63) is 34.5 Å². The molecule has 0 aliphatic rings. The highest BCUT2D eigenvalue weighted by molar-refractivity contribution is 7.19. The molecule has 0 spiro atoms. The number of aliphatic hydroxyl groups excluding tert-OH is 1. The lowest BCUT2D eigenvalue weighted by Gasteiger charge is -2.06. The number of thiazole rings is 1. The van der Waals surface area contributed by atoms with Gasteiger partial charge in [0, 0.05) is 22.3 Å². The molecule has 0 fully saturated rings. The third-order valence-electron chi connectivity index (χ3n) is 3.97. The van der Waals surface area contributed by atoms with Crippen molar-refractivity contribution in [2.45, 2.75) is 13.5 Å². The van der Waals surface area contributed by atoms with Crippen LogP contribution in [0.3, 0.4) is 0 Å². The molecule has 5 aromatic rings. The number of rotatable bonds is 2. The molecule has 6 nitrogen and oxygen atoms in total. The van der Waals surface area contributed by atoms with Crippen LogP contribution in [0, 0.1) is 6.92 Å². The van der Waals surface area contributed by atoms with Crippen molar-refractivity contribution in [2.24, 2.45) is 0 Å². The molecule has 0 unspecified atom stereocenters. The Balaban J connectivity index is 2.02. The van der Waals surface area contributed by atoms with E-state index in [0.29, 0.717) is 0 Å². The van der Waals surface area contributed by atoms with E-state index in [4.69, 9.17) is 4.98 Å². The molecule has 8 heteroatoms. The Morgan fingerprint density at radius 3 is 3.04 bits per heavy atom.